The Morgan fingerprint density at radius 3 is 2.45 bits per heavy atom. The lowest BCUT2D eigenvalue weighted by molar-refractivity contribution is 0.917. The third kappa shape index (κ3) is 3.73. The molecule has 0 unspecified atom stereocenters. The molecule has 106 valence electrons. The molecule has 2 aromatic rings. The first-order valence-corrected chi connectivity index (χ1v) is 7.06. The zero-order valence-electron chi connectivity index (χ0n) is 12.8. The smallest absolute Gasteiger partial charge is 0.126 e. The molecule has 0 spiro atoms. The Hall–Kier alpha value is -2.03. The normalized spacial score (nSPS) is 10.4. The number of hydrogen-bond acceptors (Lipinski definition) is 3. The van der Waals surface area contributed by atoms with Crippen LogP contribution in [0.3, 0.4) is 0 Å². The van der Waals surface area contributed by atoms with Crippen molar-refractivity contribution < 1.29 is 0 Å². The first-order chi connectivity index (χ1) is 9.58. The Morgan fingerprint density at radius 2 is 1.80 bits per heavy atom. The molecule has 0 radical (unpaired) electrons. The summed E-state index contributed by atoms with van der Waals surface area (Å²) in [7, 11) is 2.13. The SMILES string of the molecule is CCNc1cc(CN(C)c2cc(C)cc(C)c2)ccn1. The number of hydrogen-bond donors (Lipinski definition) is 1. The minimum Gasteiger partial charge on any atom is -0.370 e. The number of benzene rings is 1. The van der Waals surface area contributed by atoms with Crippen molar-refractivity contribution in [3.8, 4) is 0 Å². The summed E-state index contributed by atoms with van der Waals surface area (Å²) in [6.45, 7) is 8.13. The van der Waals surface area contributed by atoms with Crippen molar-refractivity contribution in [3.63, 3.8) is 0 Å². The van der Waals surface area contributed by atoms with E-state index in [9.17, 15) is 0 Å². The van der Waals surface area contributed by atoms with Crippen LogP contribution in [0.2, 0.25) is 0 Å². The standard InChI is InChI=1S/C17H23N3/c1-5-18-17-11-15(6-7-19-17)12-20(4)16-9-13(2)8-14(3)10-16/h6-11H,5,12H2,1-4H3,(H,18,19). The van der Waals surface area contributed by atoms with Gasteiger partial charge in [-0.25, -0.2) is 4.98 Å². The number of rotatable bonds is 5. The van der Waals surface area contributed by atoms with Crippen LogP contribution in [0.15, 0.2) is 36.5 Å². The van der Waals surface area contributed by atoms with Crippen LogP contribution in [0.4, 0.5) is 11.5 Å². The number of aryl methyl sites for hydroxylation is 2. The third-order valence-corrected chi connectivity index (χ3v) is 3.25. The average molecular weight is 269 g/mol. The molecule has 3 nitrogen and oxygen atoms in total. The van der Waals surface area contributed by atoms with Gasteiger partial charge in [-0.1, -0.05) is 6.07 Å². The van der Waals surface area contributed by atoms with Crippen LogP contribution in [0, 0.1) is 13.8 Å². The van der Waals surface area contributed by atoms with Gasteiger partial charge in [-0.2, -0.15) is 0 Å². The molecule has 0 saturated heterocycles. The molecule has 20 heavy (non-hydrogen) atoms. The molecule has 3 heteroatoms. The lowest BCUT2D eigenvalue weighted by Gasteiger charge is -2.21. The molecule has 0 aliphatic rings. The summed E-state index contributed by atoms with van der Waals surface area (Å²) < 4.78 is 0. The van der Waals surface area contributed by atoms with E-state index in [4.69, 9.17) is 0 Å². The lowest BCUT2D eigenvalue weighted by Crippen LogP contribution is -2.17. The van der Waals surface area contributed by atoms with Gasteiger partial charge in [0.05, 0.1) is 0 Å². The van der Waals surface area contributed by atoms with Gasteiger partial charge in [0.1, 0.15) is 5.82 Å². The summed E-state index contributed by atoms with van der Waals surface area (Å²) >= 11 is 0. The minimum absolute atomic E-state index is 0.879. The Morgan fingerprint density at radius 1 is 1.10 bits per heavy atom. The summed E-state index contributed by atoms with van der Waals surface area (Å²) in [5, 5.41) is 3.25. The zero-order valence-corrected chi connectivity index (χ0v) is 12.8. The Bertz CT molecular complexity index is 558. The fourth-order valence-corrected chi connectivity index (χ4v) is 2.39. The summed E-state index contributed by atoms with van der Waals surface area (Å²) in [5.41, 5.74) is 5.12. The number of aromatic nitrogens is 1. The second kappa shape index (κ2) is 6.42. The van der Waals surface area contributed by atoms with E-state index >= 15 is 0 Å². The summed E-state index contributed by atoms with van der Waals surface area (Å²) in [6, 6.07) is 10.8. The van der Waals surface area contributed by atoms with E-state index in [2.05, 4.69) is 73.4 Å². The Kier molecular flexibility index (Phi) is 4.61. The van der Waals surface area contributed by atoms with Gasteiger partial charge in [0.15, 0.2) is 0 Å². The van der Waals surface area contributed by atoms with Crippen LogP contribution in [0.5, 0.6) is 0 Å². The van der Waals surface area contributed by atoms with E-state index in [1.54, 1.807) is 0 Å². The lowest BCUT2D eigenvalue weighted by atomic mass is 10.1. The van der Waals surface area contributed by atoms with E-state index in [1.165, 1.54) is 22.4 Å². The highest BCUT2D eigenvalue weighted by Gasteiger charge is 2.04. The van der Waals surface area contributed by atoms with Gasteiger partial charge in [-0.15, -0.1) is 0 Å². The van der Waals surface area contributed by atoms with E-state index < -0.39 is 0 Å². The largest absolute Gasteiger partial charge is 0.370 e. The molecule has 1 aromatic heterocycles. The molecule has 0 amide bonds. The molecule has 1 aromatic carbocycles. The van der Waals surface area contributed by atoms with Crippen LogP contribution >= 0.6 is 0 Å². The molecule has 0 saturated carbocycles. The van der Waals surface area contributed by atoms with Gasteiger partial charge in [-0.05, 0) is 61.7 Å². The van der Waals surface area contributed by atoms with Crippen LogP contribution in [-0.4, -0.2) is 18.6 Å². The second-order valence-corrected chi connectivity index (χ2v) is 5.28. The molecule has 0 bridgehead atoms. The molecule has 0 atom stereocenters. The van der Waals surface area contributed by atoms with Crippen molar-refractivity contribution in [2.24, 2.45) is 0 Å². The van der Waals surface area contributed by atoms with Crippen molar-refractivity contribution >= 4 is 11.5 Å². The Labute approximate surface area is 121 Å². The van der Waals surface area contributed by atoms with Crippen LogP contribution in [-0.2, 0) is 6.54 Å². The van der Waals surface area contributed by atoms with Crippen molar-refractivity contribution in [2.45, 2.75) is 27.3 Å². The highest BCUT2D eigenvalue weighted by Crippen LogP contribution is 2.20. The van der Waals surface area contributed by atoms with Gasteiger partial charge in [0, 0.05) is 32.0 Å². The quantitative estimate of drug-likeness (QED) is 0.895. The fourth-order valence-electron chi connectivity index (χ4n) is 2.39. The van der Waals surface area contributed by atoms with Gasteiger partial charge in [0.2, 0.25) is 0 Å². The maximum Gasteiger partial charge on any atom is 0.126 e. The Balaban J connectivity index is 2.14. The van der Waals surface area contributed by atoms with E-state index in [1.807, 2.05) is 6.20 Å². The molecular formula is C17H23N3. The van der Waals surface area contributed by atoms with Crippen molar-refractivity contribution in [1.82, 2.24) is 4.98 Å². The van der Waals surface area contributed by atoms with Crippen LogP contribution in [0.1, 0.15) is 23.6 Å². The van der Waals surface area contributed by atoms with E-state index in [0.29, 0.717) is 0 Å². The topological polar surface area (TPSA) is 28.2 Å². The average Bonchev–Trinajstić information content (AvgIpc) is 2.38. The molecule has 0 aliphatic carbocycles. The second-order valence-electron chi connectivity index (χ2n) is 5.28. The predicted octanol–water partition coefficient (Wildman–Crippen LogP) is 3.77. The number of pyridine rings is 1. The predicted molar refractivity (Wildman–Crippen MR) is 86.4 cm³/mol. The van der Waals surface area contributed by atoms with E-state index in [0.717, 1.165) is 18.9 Å². The molecule has 1 N–H and O–H groups in total. The molecule has 0 fully saturated rings. The highest BCUT2D eigenvalue weighted by molar-refractivity contribution is 5.51. The number of nitrogens with one attached hydrogen (secondary N) is 1. The minimum atomic E-state index is 0.879. The highest BCUT2D eigenvalue weighted by atomic mass is 15.1. The first kappa shape index (κ1) is 14.4. The maximum absolute atomic E-state index is 4.31. The van der Waals surface area contributed by atoms with Crippen molar-refractivity contribution in [2.75, 3.05) is 23.8 Å². The van der Waals surface area contributed by atoms with Crippen molar-refractivity contribution in [3.05, 3.63) is 53.2 Å². The van der Waals surface area contributed by atoms with Gasteiger partial charge in [0.25, 0.3) is 0 Å². The molecular weight excluding hydrogens is 246 g/mol. The van der Waals surface area contributed by atoms with E-state index in [-0.39, 0.29) is 0 Å². The van der Waals surface area contributed by atoms with Gasteiger partial charge >= 0.3 is 0 Å². The monoisotopic (exact) mass is 269 g/mol. The molecule has 2 rings (SSSR count). The van der Waals surface area contributed by atoms with Crippen LogP contribution in [0.25, 0.3) is 0 Å². The maximum atomic E-state index is 4.31. The molecule has 0 aliphatic heterocycles. The summed E-state index contributed by atoms with van der Waals surface area (Å²) in [6.07, 6.45) is 1.86. The summed E-state index contributed by atoms with van der Waals surface area (Å²) in [5.74, 6) is 0.943. The van der Waals surface area contributed by atoms with Gasteiger partial charge in [-0.3, -0.25) is 0 Å². The number of nitrogens with zero attached hydrogens (tertiary/aromatic N) is 2. The zero-order chi connectivity index (χ0) is 14.5. The van der Waals surface area contributed by atoms with Crippen LogP contribution < -0.4 is 10.2 Å². The van der Waals surface area contributed by atoms with Gasteiger partial charge < -0.3 is 10.2 Å². The third-order valence-electron chi connectivity index (χ3n) is 3.25. The van der Waals surface area contributed by atoms with Crippen molar-refractivity contribution in [1.29, 1.82) is 0 Å². The number of anilines is 2. The molecule has 1 heterocycles. The summed E-state index contributed by atoms with van der Waals surface area (Å²) in [4.78, 5) is 6.58. The fraction of sp³-hybridized carbons (Fsp3) is 0.353. The first-order valence-electron chi connectivity index (χ1n) is 7.06.